The Morgan fingerprint density at radius 3 is 2.00 bits per heavy atom. The van der Waals surface area contributed by atoms with Crippen molar-refractivity contribution < 1.29 is 9.63 Å². The molecular formula is C4H10NNaO2. The summed E-state index contributed by atoms with van der Waals surface area (Å²) < 4.78 is 0. The van der Waals surface area contributed by atoms with E-state index in [1.807, 2.05) is 0 Å². The van der Waals surface area contributed by atoms with E-state index >= 15 is 0 Å². The van der Waals surface area contributed by atoms with Crippen LogP contribution in [0.15, 0.2) is 0 Å². The quantitative estimate of drug-likeness (QED) is 0.378. The molecule has 0 aliphatic heterocycles. The molecule has 3 nitrogen and oxygen atoms in total. The van der Waals surface area contributed by atoms with Gasteiger partial charge in [-0.3, -0.25) is 4.79 Å². The summed E-state index contributed by atoms with van der Waals surface area (Å²) in [6, 6.07) is 0. The van der Waals surface area contributed by atoms with Crippen LogP contribution in [0.4, 0.5) is 0 Å². The molecule has 0 radical (unpaired) electrons. The maximum absolute atomic E-state index is 10.2. The van der Waals surface area contributed by atoms with Crippen LogP contribution in [0.25, 0.3) is 0 Å². The fourth-order valence-corrected chi connectivity index (χ4v) is 0.136. The first-order valence-corrected chi connectivity index (χ1v) is 2.09. The van der Waals surface area contributed by atoms with Crippen LogP contribution >= 0.6 is 0 Å². The summed E-state index contributed by atoms with van der Waals surface area (Å²) in [4.78, 5) is 14.0. The summed E-state index contributed by atoms with van der Waals surface area (Å²) in [6.45, 7) is 3.43. The number of hydrogen-bond acceptors (Lipinski definition) is 3. The van der Waals surface area contributed by atoms with Crippen molar-refractivity contribution in [3.63, 3.8) is 0 Å². The summed E-state index contributed by atoms with van der Waals surface area (Å²) in [6.07, 6.45) is 0. The van der Waals surface area contributed by atoms with E-state index in [9.17, 15) is 4.79 Å². The summed E-state index contributed by atoms with van der Waals surface area (Å²) in [5, 5.41) is 0. The van der Waals surface area contributed by atoms with Crippen LogP contribution in [0.3, 0.4) is 0 Å². The average Bonchev–Trinajstić information content (AvgIpc) is 1.65. The fourth-order valence-electron chi connectivity index (χ4n) is 0.136. The zero-order chi connectivity index (χ0) is 5.86. The van der Waals surface area contributed by atoms with E-state index in [-0.39, 0.29) is 41.4 Å². The molecule has 4 heteroatoms. The predicted octanol–water partition coefficient (Wildman–Crippen LogP) is -0.589. The molecule has 0 rings (SSSR count). The molecule has 0 spiro atoms. The Hall–Kier alpha value is 0.430. The first kappa shape index (κ1) is 11.3. The van der Waals surface area contributed by atoms with E-state index in [4.69, 9.17) is 0 Å². The van der Waals surface area contributed by atoms with Crippen LogP contribution in [-0.4, -0.2) is 35.5 Å². The van der Waals surface area contributed by atoms with E-state index < -0.39 is 0 Å². The van der Waals surface area contributed by atoms with Crippen LogP contribution in [0.1, 0.15) is 13.8 Å². The molecule has 0 aromatic rings. The second-order valence-electron chi connectivity index (χ2n) is 1.59. The maximum atomic E-state index is 10.2. The van der Waals surface area contributed by atoms with Gasteiger partial charge in [0.15, 0.2) is 0 Å². The fraction of sp³-hybridized carbons (Fsp3) is 0.750. The third-order valence-electron chi connectivity index (χ3n) is 0.588. The van der Waals surface area contributed by atoms with Gasteiger partial charge in [0.2, 0.25) is 0 Å². The second-order valence-corrected chi connectivity index (χ2v) is 1.59. The van der Waals surface area contributed by atoms with Crippen molar-refractivity contribution in [3.8, 4) is 0 Å². The Kier molecular flexibility index (Phi) is 7.83. The second kappa shape index (κ2) is 5.56. The van der Waals surface area contributed by atoms with Gasteiger partial charge < -0.3 is 4.84 Å². The van der Waals surface area contributed by atoms with Crippen LogP contribution in [0.2, 0.25) is 0 Å². The molecule has 8 heavy (non-hydrogen) atoms. The van der Waals surface area contributed by atoms with Gasteiger partial charge >= 0.3 is 35.5 Å². The van der Waals surface area contributed by atoms with Gasteiger partial charge in [0.05, 0.1) is 5.92 Å². The summed E-state index contributed by atoms with van der Waals surface area (Å²) in [5.74, 6) is 4.03. The van der Waals surface area contributed by atoms with Gasteiger partial charge in [-0.15, -0.1) is 0 Å². The molecule has 0 unspecified atom stereocenters. The van der Waals surface area contributed by atoms with Gasteiger partial charge in [-0.05, 0) is 0 Å². The molecule has 0 aliphatic carbocycles. The van der Waals surface area contributed by atoms with Crippen LogP contribution < -0.4 is 5.90 Å². The normalized spacial score (nSPS) is 8.00. The van der Waals surface area contributed by atoms with Crippen molar-refractivity contribution in [1.29, 1.82) is 0 Å². The zero-order valence-electron chi connectivity index (χ0n) is 4.47. The van der Waals surface area contributed by atoms with Gasteiger partial charge in [0.25, 0.3) is 0 Å². The number of carbonyl (C=O) groups excluding carboxylic acids is 1. The van der Waals surface area contributed by atoms with Crippen molar-refractivity contribution in [2.45, 2.75) is 13.8 Å². The Morgan fingerprint density at radius 2 is 2.00 bits per heavy atom. The number of carbonyl (C=O) groups is 1. The van der Waals surface area contributed by atoms with Crippen molar-refractivity contribution in [2.75, 3.05) is 0 Å². The molecule has 0 bridgehead atoms. The van der Waals surface area contributed by atoms with E-state index in [0.717, 1.165) is 0 Å². The van der Waals surface area contributed by atoms with E-state index in [1.165, 1.54) is 0 Å². The van der Waals surface area contributed by atoms with E-state index in [2.05, 4.69) is 10.7 Å². The third-order valence-corrected chi connectivity index (χ3v) is 0.588. The van der Waals surface area contributed by atoms with Crippen LogP contribution in [0, 0.1) is 5.92 Å². The SMILES string of the molecule is CC(C)C(=O)ON.[NaH]. The van der Waals surface area contributed by atoms with Gasteiger partial charge in [0, 0.05) is 0 Å². The minimum atomic E-state index is -0.375. The average molecular weight is 127 g/mol. The molecule has 0 fully saturated rings. The van der Waals surface area contributed by atoms with Crippen molar-refractivity contribution in [3.05, 3.63) is 0 Å². The van der Waals surface area contributed by atoms with E-state index in [1.54, 1.807) is 13.8 Å². The topological polar surface area (TPSA) is 52.3 Å². The summed E-state index contributed by atoms with van der Waals surface area (Å²) in [7, 11) is 0. The molecule has 0 amide bonds. The first-order valence-electron chi connectivity index (χ1n) is 2.09. The van der Waals surface area contributed by atoms with Crippen LogP contribution in [0.5, 0.6) is 0 Å². The molecular weight excluding hydrogens is 117 g/mol. The Balaban J connectivity index is 0. The van der Waals surface area contributed by atoms with Gasteiger partial charge in [0.1, 0.15) is 0 Å². The third kappa shape index (κ3) is 4.59. The molecule has 0 heterocycles. The molecule has 0 saturated carbocycles. The van der Waals surface area contributed by atoms with Gasteiger partial charge in [-0.25, -0.2) is 0 Å². The van der Waals surface area contributed by atoms with Crippen molar-refractivity contribution >= 4 is 35.5 Å². The minimum absolute atomic E-state index is 0. The Labute approximate surface area is 70.8 Å². The standard InChI is InChI=1S/C4H9NO2.Na.H/c1-3(2)4(6)7-5;;/h3H,5H2,1-2H3;;. The van der Waals surface area contributed by atoms with E-state index in [0.29, 0.717) is 0 Å². The predicted molar refractivity (Wildman–Crippen MR) is 32.3 cm³/mol. The molecule has 0 saturated heterocycles. The number of nitrogens with two attached hydrogens (primary N) is 1. The Bertz CT molecular complexity index is 74.4. The van der Waals surface area contributed by atoms with Gasteiger partial charge in [-0.1, -0.05) is 13.8 Å². The molecule has 0 aromatic carbocycles. The molecule has 0 atom stereocenters. The molecule has 0 aliphatic rings. The van der Waals surface area contributed by atoms with Gasteiger partial charge in [-0.2, -0.15) is 5.90 Å². The molecule has 2 N–H and O–H groups in total. The monoisotopic (exact) mass is 127 g/mol. The summed E-state index contributed by atoms with van der Waals surface area (Å²) >= 11 is 0. The zero-order valence-corrected chi connectivity index (χ0v) is 4.47. The molecule has 0 aromatic heterocycles. The number of rotatable bonds is 1. The summed E-state index contributed by atoms with van der Waals surface area (Å²) in [5.41, 5.74) is 0. The van der Waals surface area contributed by atoms with Crippen LogP contribution in [-0.2, 0) is 9.63 Å². The first-order chi connectivity index (χ1) is 3.18. The van der Waals surface area contributed by atoms with Crippen molar-refractivity contribution in [2.24, 2.45) is 11.8 Å². The number of hydrogen-bond donors (Lipinski definition) is 1. The molecule has 44 valence electrons. The Morgan fingerprint density at radius 1 is 1.62 bits per heavy atom. The van der Waals surface area contributed by atoms with Crippen molar-refractivity contribution in [1.82, 2.24) is 0 Å².